The monoisotopic (exact) mass is 269 g/mol. The number of aromatic nitrogens is 4. The van der Waals surface area contributed by atoms with Gasteiger partial charge in [-0.3, -0.25) is 4.68 Å². The summed E-state index contributed by atoms with van der Waals surface area (Å²) < 4.78 is 7.18. The molecule has 1 aromatic carbocycles. The lowest BCUT2D eigenvalue weighted by Crippen LogP contribution is -2.16. The standard InChI is InChI=1S/C14H15N5O/c1-19-11-5-3-2-4-10(11)13(17-19)14-16-12(18-20-14)8-15-9-6-7-9/h2-5,9,15H,6-8H2,1H3. The number of hydrogen-bond acceptors (Lipinski definition) is 5. The van der Waals surface area contributed by atoms with Crippen molar-refractivity contribution in [1.29, 1.82) is 0 Å². The molecule has 1 fully saturated rings. The van der Waals surface area contributed by atoms with Crippen molar-refractivity contribution in [2.75, 3.05) is 0 Å². The van der Waals surface area contributed by atoms with Gasteiger partial charge in [0.1, 0.15) is 0 Å². The molecule has 102 valence electrons. The fraction of sp³-hybridized carbons (Fsp3) is 0.357. The SMILES string of the molecule is Cn1nc(-c2nc(CNC3CC3)no2)c2ccccc21. The Balaban J connectivity index is 1.68. The number of rotatable bonds is 4. The van der Waals surface area contributed by atoms with Crippen molar-refractivity contribution in [2.24, 2.45) is 7.05 Å². The van der Waals surface area contributed by atoms with Gasteiger partial charge in [0.2, 0.25) is 0 Å². The van der Waals surface area contributed by atoms with Gasteiger partial charge < -0.3 is 9.84 Å². The van der Waals surface area contributed by atoms with Crippen LogP contribution in [0, 0.1) is 0 Å². The summed E-state index contributed by atoms with van der Waals surface area (Å²) in [6.45, 7) is 0.652. The van der Waals surface area contributed by atoms with Crippen molar-refractivity contribution in [3.8, 4) is 11.6 Å². The molecule has 0 radical (unpaired) electrons. The minimum atomic E-state index is 0.481. The Morgan fingerprint density at radius 2 is 2.20 bits per heavy atom. The quantitative estimate of drug-likeness (QED) is 0.783. The van der Waals surface area contributed by atoms with Gasteiger partial charge in [-0.05, 0) is 18.9 Å². The molecule has 2 aromatic heterocycles. The molecule has 0 spiro atoms. The van der Waals surface area contributed by atoms with Crippen LogP contribution in [-0.2, 0) is 13.6 Å². The Hall–Kier alpha value is -2.21. The van der Waals surface area contributed by atoms with Gasteiger partial charge in [0.05, 0.1) is 12.1 Å². The normalized spacial score (nSPS) is 15.1. The first-order chi connectivity index (χ1) is 9.81. The second-order valence-corrected chi connectivity index (χ2v) is 5.16. The molecule has 2 heterocycles. The van der Waals surface area contributed by atoms with Gasteiger partial charge in [0.25, 0.3) is 5.89 Å². The summed E-state index contributed by atoms with van der Waals surface area (Å²) in [4.78, 5) is 4.43. The first kappa shape index (κ1) is 11.6. The van der Waals surface area contributed by atoms with E-state index in [4.69, 9.17) is 4.52 Å². The third-order valence-electron chi connectivity index (χ3n) is 3.55. The van der Waals surface area contributed by atoms with Crippen LogP contribution >= 0.6 is 0 Å². The molecular weight excluding hydrogens is 254 g/mol. The van der Waals surface area contributed by atoms with Crippen LogP contribution in [0.5, 0.6) is 0 Å². The van der Waals surface area contributed by atoms with E-state index in [0.717, 1.165) is 16.6 Å². The minimum Gasteiger partial charge on any atom is -0.332 e. The topological polar surface area (TPSA) is 68.8 Å². The second kappa shape index (κ2) is 4.42. The van der Waals surface area contributed by atoms with Crippen LogP contribution < -0.4 is 5.32 Å². The molecule has 3 aromatic rings. The molecule has 1 aliphatic rings. The van der Waals surface area contributed by atoms with E-state index in [9.17, 15) is 0 Å². The molecule has 0 saturated heterocycles. The van der Waals surface area contributed by atoms with Gasteiger partial charge in [0.15, 0.2) is 11.5 Å². The Morgan fingerprint density at radius 1 is 1.35 bits per heavy atom. The van der Waals surface area contributed by atoms with E-state index in [-0.39, 0.29) is 0 Å². The average Bonchev–Trinajstić information content (AvgIpc) is 3.09. The first-order valence-electron chi connectivity index (χ1n) is 6.79. The van der Waals surface area contributed by atoms with E-state index >= 15 is 0 Å². The fourth-order valence-corrected chi connectivity index (χ4v) is 2.32. The third-order valence-corrected chi connectivity index (χ3v) is 3.55. The van der Waals surface area contributed by atoms with Crippen LogP contribution in [-0.4, -0.2) is 26.0 Å². The highest BCUT2D eigenvalue weighted by Gasteiger charge is 2.22. The number of hydrogen-bond donors (Lipinski definition) is 1. The predicted molar refractivity (Wildman–Crippen MR) is 73.9 cm³/mol. The first-order valence-corrected chi connectivity index (χ1v) is 6.79. The van der Waals surface area contributed by atoms with Crippen molar-refractivity contribution in [1.82, 2.24) is 25.2 Å². The zero-order valence-corrected chi connectivity index (χ0v) is 11.2. The molecule has 0 bridgehead atoms. The van der Waals surface area contributed by atoms with Crippen LogP contribution in [0.15, 0.2) is 28.8 Å². The summed E-state index contributed by atoms with van der Waals surface area (Å²) in [5.41, 5.74) is 1.80. The second-order valence-electron chi connectivity index (χ2n) is 5.16. The van der Waals surface area contributed by atoms with E-state index in [1.54, 1.807) is 0 Å². The van der Waals surface area contributed by atoms with Crippen LogP contribution in [0.1, 0.15) is 18.7 Å². The van der Waals surface area contributed by atoms with Crippen LogP contribution in [0.25, 0.3) is 22.5 Å². The number of aryl methyl sites for hydroxylation is 1. The molecule has 0 unspecified atom stereocenters. The molecule has 6 heteroatoms. The van der Waals surface area contributed by atoms with Gasteiger partial charge in [-0.2, -0.15) is 10.1 Å². The zero-order chi connectivity index (χ0) is 13.5. The Kier molecular flexibility index (Phi) is 2.56. The minimum absolute atomic E-state index is 0.481. The summed E-state index contributed by atoms with van der Waals surface area (Å²) in [5, 5.41) is 12.9. The van der Waals surface area contributed by atoms with Gasteiger partial charge in [-0.1, -0.05) is 23.4 Å². The van der Waals surface area contributed by atoms with E-state index in [1.165, 1.54) is 12.8 Å². The van der Waals surface area contributed by atoms with Crippen molar-refractivity contribution < 1.29 is 4.52 Å². The lowest BCUT2D eigenvalue weighted by molar-refractivity contribution is 0.418. The number of nitrogens with one attached hydrogen (secondary N) is 1. The highest BCUT2D eigenvalue weighted by molar-refractivity contribution is 5.91. The summed E-state index contributed by atoms with van der Waals surface area (Å²) in [5.74, 6) is 1.16. The highest BCUT2D eigenvalue weighted by Crippen LogP contribution is 2.26. The number of para-hydroxylation sites is 1. The molecule has 1 aliphatic carbocycles. The van der Waals surface area contributed by atoms with Crippen molar-refractivity contribution in [2.45, 2.75) is 25.4 Å². The van der Waals surface area contributed by atoms with Gasteiger partial charge in [-0.15, -0.1) is 0 Å². The van der Waals surface area contributed by atoms with Crippen LogP contribution in [0.4, 0.5) is 0 Å². The highest BCUT2D eigenvalue weighted by atomic mass is 16.5. The van der Waals surface area contributed by atoms with Crippen LogP contribution in [0.2, 0.25) is 0 Å². The summed E-state index contributed by atoms with van der Waals surface area (Å²) >= 11 is 0. The summed E-state index contributed by atoms with van der Waals surface area (Å²) in [6.07, 6.45) is 2.49. The van der Waals surface area contributed by atoms with Crippen molar-refractivity contribution >= 4 is 10.9 Å². The average molecular weight is 269 g/mol. The van der Waals surface area contributed by atoms with E-state index in [1.807, 2.05) is 36.0 Å². The molecule has 6 nitrogen and oxygen atoms in total. The number of benzene rings is 1. The lowest BCUT2D eigenvalue weighted by Gasteiger charge is -1.94. The molecular formula is C14H15N5O. The van der Waals surface area contributed by atoms with E-state index in [2.05, 4.69) is 20.6 Å². The fourth-order valence-electron chi connectivity index (χ4n) is 2.32. The molecule has 4 rings (SSSR count). The maximum absolute atomic E-state index is 5.35. The predicted octanol–water partition coefficient (Wildman–Crippen LogP) is 1.88. The number of fused-ring (bicyclic) bond motifs is 1. The molecule has 1 saturated carbocycles. The largest absolute Gasteiger partial charge is 0.332 e. The summed E-state index contributed by atoms with van der Waals surface area (Å²) in [6, 6.07) is 8.65. The van der Waals surface area contributed by atoms with E-state index in [0.29, 0.717) is 24.3 Å². The maximum Gasteiger partial charge on any atom is 0.279 e. The van der Waals surface area contributed by atoms with Gasteiger partial charge in [-0.25, -0.2) is 0 Å². The third kappa shape index (κ3) is 1.98. The molecule has 0 atom stereocenters. The smallest absolute Gasteiger partial charge is 0.279 e. The van der Waals surface area contributed by atoms with Crippen molar-refractivity contribution in [3.63, 3.8) is 0 Å². The van der Waals surface area contributed by atoms with Crippen molar-refractivity contribution in [3.05, 3.63) is 30.1 Å². The zero-order valence-electron chi connectivity index (χ0n) is 11.2. The van der Waals surface area contributed by atoms with E-state index < -0.39 is 0 Å². The molecule has 0 amide bonds. The molecule has 1 N–H and O–H groups in total. The van der Waals surface area contributed by atoms with Gasteiger partial charge >= 0.3 is 0 Å². The van der Waals surface area contributed by atoms with Gasteiger partial charge in [0, 0.05) is 18.5 Å². The lowest BCUT2D eigenvalue weighted by atomic mass is 10.2. The molecule has 0 aliphatic heterocycles. The summed E-state index contributed by atoms with van der Waals surface area (Å²) in [7, 11) is 1.91. The molecule has 20 heavy (non-hydrogen) atoms. The van der Waals surface area contributed by atoms with Crippen LogP contribution in [0.3, 0.4) is 0 Å². The Morgan fingerprint density at radius 3 is 3.05 bits per heavy atom. The Bertz CT molecular complexity index is 756. The number of nitrogens with zero attached hydrogens (tertiary/aromatic N) is 4. The maximum atomic E-state index is 5.35. The Labute approximate surface area is 115 Å².